The molecule has 17 heavy (non-hydrogen) atoms. The maximum absolute atomic E-state index is 12.0. The molecule has 6 heteroatoms. The van der Waals surface area contributed by atoms with Crippen molar-refractivity contribution >= 4 is 11.9 Å². The van der Waals surface area contributed by atoms with Gasteiger partial charge in [-0.25, -0.2) is 0 Å². The quantitative estimate of drug-likeness (QED) is 0.734. The van der Waals surface area contributed by atoms with Crippen molar-refractivity contribution in [1.82, 2.24) is 10.1 Å². The van der Waals surface area contributed by atoms with Gasteiger partial charge in [0.15, 0.2) is 5.69 Å². The van der Waals surface area contributed by atoms with Crippen LogP contribution in [0.2, 0.25) is 0 Å². The number of aromatic nitrogens is 1. The third kappa shape index (κ3) is 3.30. The van der Waals surface area contributed by atoms with Gasteiger partial charge in [0.05, 0.1) is 7.11 Å². The summed E-state index contributed by atoms with van der Waals surface area (Å²) in [7, 11) is 1.28. The summed E-state index contributed by atoms with van der Waals surface area (Å²) < 4.78 is 9.38. The number of esters is 1. The molecule has 0 unspecified atom stereocenters. The van der Waals surface area contributed by atoms with Crippen LogP contribution in [-0.4, -0.2) is 41.6 Å². The highest BCUT2D eigenvalue weighted by molar-refractivity contribution is 5.94. The average molecular weight is 240 g/mol. The molecule has 0 bridgehead atoms. The number of aryl methyl sites for hydroxylation is 1. The highest BCUT2D eigenvalue weighted by Crippen LogP contribution is 2.09. The fourth-order valence-electron chi connectivity index (χ4n) is 1.31. The molecule has 1 rings (SSSR count). The summed E-state index contributed by atoms with van der Waals surface area (Å²) >= 11 is 0. The smallest absolute Gasteiger partial charge is 0.325 e. The lowest BCUT2D eigenvalue weighted by molar-refractivity contribution is -0.141. The lowest BCUT2D eigenvalue weighted by atomic mass is 10.2. The molecule has 0 fully saturated rings. The molecule has 6 nitrogen and oxygen atoms in total. The predicted octanol–water partition coefficient (Wildman–Crippen LogP) is 1.01. The Hall–Kier alpha value is -1.85. The number of hydrogen-bond acceptors (Lipinski definition) is 5. The Morgan fingerprint density at radius 3 is 2.59 bits per heavy atom. The van der Waals surface area contributed by atoms with Crippen LogP contribution >= 0.6 is 0 Å². The highest BCUT2D eigenvalue weighted by Gasteiger charge is 2.24. The van der Waals surface area contributed by atoms with E-state index in [1.54, 1.807) is 6.92 Å². The van der Waals surface area contributed by atoms with E-state index in [0.29, 0.717) is 5.76 Å². The monoisotopic (exact) mass is 240 g/mol. The van der Waals surface area contributed by atoms with E-state index in [1.165, 1.54) is 18.1 Å². The first-order valence-electron chi connectivity index (χ1n) is 5.26. The van der Waals surface area contributed by atoms with Gasteiger partial charge in [0.2, 0.25) is 0 Å². The van der Waals surface area contributed by atoms with E-state index in [1.807, 2.05) is 13.8 Å². The molecule has 0 aliphatic carbocycles. The van der Waals surface area contributed by atoms with Crippen LogP contribution in [0.5, 0.6) is 0 Å². The molecular weight excluding hydrogens is 224 g/mol. The summed E-state index contributed by atoms with van der Waals surface area (Å²) in [6.07, 6.45) is 0. The molecule has 0 aliphatic rings. The summed E-state index contributed by atoms with van der Waals surface area (Å²) in [4.78, 5) is 24.6. The number of nitrogens with zero attached hydrogens (tertiary/aromatic N) is 2. The normalized spacial score (nSPS) is 10.4. The Morgan fingerprint density at radius 2 is 2.18 bits per heavy atom. The second-order valence-electron chi connectivity index (χ2n) is 3.93. The summed E-state index contributed by atoms with van der Waals surface area (Å²) in [6, 6.07) is 1.41. The molecule has 0 saturated heterocycles. The number of carbonyl (C=O) groups excluding carboxylic acids is 2. The maximum Gasteiger partial charge on any atom is 0.325 e. The van der Waals surface area contributed by atoms with Crippen molar-refractivity contribution in [2.45, 2.75) is 26.8 Å². The summed E-state index contributed by atoms with van der Waals surface area (Å²) in [5.41, 5.74) is 0.195. The number of methoxy groups -OCH3 is 1. The van der Waals surface area contributed by atoms with Gasteiger partial charge in [0, 0.05) is 12.1 Å². The van der Waals surface area contributed by atoms with Gasteiger partial charge in [-0.15, -0.1) is 0 Å². The van der Waals surface area contributed by atoms with Gasteiger partial charge in [-0.2, -0.15) is 0 Å². The Labute approximate surface area is 99.5 Å². The maximum atomic E-state index is 12.0. The molecule has 0 saturated carbocycles. The van der Waals surface area contributed by atoms with Crippen molar-refractivity contribution in [1.29, 1.82) is 0 Å². The van der Waals surface area contributed by atoms with E-state index in [4.69, 9.17) is 4.52 Å². The molecule has 0 radical (unpaired) electrons. The van der Waals surface area contributed by atoms with Gasteiger partial charge in [0.1, 0.15) is 12.3 Å². The first-order valence-corrected chi connectivity index (χ1v) is 5.26. The summed E-state index contributed by atoms with van der Waals surface area (Å²) in [5.74, 6) is -0.260. The minimum Gasteiger partial charge on any atom is -0.468 e. The molecule has 1 aromatic heterocycles. The zero-order valence-corrected chi connectivity index (χ0v) is 10.4. The van der Waals surface area contributed by atoms with Crippen LogP contribution in [0.15, 0.2) is 10.6 Å². The van der Waals surface area contributed by atoms with Crippen molar-refractivity contribution in [2.24, 2.45) is 0 Å². The second-order valence-corrected chi connectivity index (χ2v) is 3.93. The molecule has 1 amide bonds. The summed E-state index contributed by atoms with van der Waals surface area (Å²) in [5, 5.41) is 3.63. The lowest BCUT2D eigenvalue weighted by Gasteiger charge is -2.24. The number of rotatable bonds is 4. The molecule has 0 aromatic carbocycles. The van der Waals surface area contributed by atoms with E-state index in [2.05, 4.69) is 9.89 Å². The Balaban J connectivity index is 2.84. The Morgan fingerprint density at radius 1 is 1.53 bits per heavy atom. The van der Waals surface area contributed by atoms with E-state index in [-0.39, 0.29) is 24.2 Å². The predicted molar refractivity (Wildman–Crippen MR) is 59.4 cm³/mol. The average Bonchev–Trinajstić information content (AvgIpc) is 2.71. The number of hydrogen-bond donors (Lipinski definition) is 0. The van der Waals surface area contributed by atoms with Gasteiger partial charge in [-0.1, -0.05) is 5.16 Å². The zero-order chi connectivity index (χ0) is 13.0. The van der Waals surface area contributed by atoms with Crippen LogP contribution in [0.4, 0.5) is 0 Å². The van der Waals surface area contributed by atoms with Crippen molar-refractivity contribution in [3.8, 4) is 0 Å². The fraction of sp³-hybridized carbons (Fsp3) is 0.545. The fourth-order valence-corrected chi connectivity index (χ4v) is 1.31. The minimum atomic E-state index is -0.465. The van der Waals surface area contributed by atoms with Crippen LogP contribution in [0.3, 0.4) is 0 Å². The molecule has 0 atom stereocenters. The van der Waals surface area contributed by atoms with Crippen LogP contribution in [0, 0.1) is 6.92 Å². The first kappa shape index (κ1) is 13.2. The van der Waals surface area contributed by atoms with Gasteiger partial charge >= 0.3 is 5.97 Å². The van der Waals surface area contributed by atoms with Gasteiger partial charge in [-0.3, -0.25) is 9.59 Å². The van der Waals surface area contributed by atoms with E-state index < -0.39 is 5.97 Å². The van der Waals surface area contributed by atoms with Crippen LogP contribution < -0.4 is 0 Å². The third-order valence-electron chi connectivity index (χ3n) is 2.26. The number of amides is 1. The van der Waals surface area contributed by atoms with E-state index in [0.717, 1.165) is 0 Å². The largest absolute Gasteiger partial charge is 0.468 e. The van der Waals surface area contributed by atoms with Crippen molar-refractivity contribution in [3.63, 3.8) is 0 Å². The standard InChI is InChI=1S/C11H16N2O4/c1-7(2)13(6-10(14)16-4)11(15)9-5-8(3)17-12-9/h5,7H,6H2,1-4H3. The molecule has 0 aliphatic heterocycles. The van der Waals surface area contributed by atoms with Crippen molar-refractivity contribution < 1.29 is 18.8 Å². The topological polar surface area (TPSA) is 72.6 Å². The number of ether oxygens (including phenoxy) is 1. The lowest BCUT2D eigenvalue weighted by Crippen LogP contribution is -2.41. The Bertz CT molecular complexity index is 411. The zero-order valence-electron chi connectivity index (χ0n) is 10.4. The van der Waals surface area contributed by atoms with Gasteiger partial charge in [-0.05, 0) is 20.8 Å². The highest BCUT2D eigenvalue weighted by atomic mass is 16.5. The van der Waals surface area contributed by atoms with Crippen LogP contribution in [-0.2, 0) is 9.53 Å². The molecule has 0 spiro atoms. The molecule has 1 heterocycles. The molecule has 94 valence electrons. The second kappa shape index (κ2) is 5.47. The van der Waals surface area contributed by atoms with Crippen LogP contribution in [0.25, 0.3) is 0 Å². The summed E-state index contributed by atoms with van der Waals surface area (Å²) in [6.45, 7) is 5.23. The SMILES string of the molecule is COC(=O)CN(C(=O)c1cc(C)on1)C(C)C. The third-order valence-corrected chi connectivity index (χ3v) is 2.26. The van der Waals surface area contributed by atoms with Gasteiger partial charge in [0.25, 0.3) is 5.91 Å². The van der Waals surface area contributed by atoms with E-state index >= 15 is 0 Å². The van der Waals surface area contributed by atoms with Crippen molar-refractivity contribution in [2.75, 3.05) is 13.7 Å². The van der Waals surface area contributed by atoms with Crippen molar-refractivity contribution in [3.05, 3.63) is 17.5 Å². The molecular formula is C11H16N2O4. The number of carbonyl (C=O) groups is 2. The van der Waals surface area contributed by atoms with Crippen LogP contribution in [0.1, 0.15) is 30.1 Å². The van der Waals surface area contributed by atoms with E-state index in [9.17, 15) is 9.59 Å². The molecule has 0 N–H and O–H groups in total. The molecule has 1 aromatic rings. The Kier molecular flexibility index (Phi) is 4.25. The first-order chi connectivity index (χ1) is 7.95. The van der Waals surface area contributed by atoms with Gasteiger partial charge < -0.3 is 14.2 Å². The minimum absolute atomic E-state index is 0.0983.